The first kappa shape index (κ1) is 18.3. The number of amides is 1. The molecule has 0 spiro atoms. The molecule has 2 aromatic carbocycles. The van der Waals surface area contributed by atoms with Crippen LogP contribution in [0, 0.1) is 17.1 Å². The van der Waals surface area contributed by atoms with E-state index < -0.39 is 5.82 Å². The summed E-state index contributed by atoms with van der Waals surface area (Å²) < 4.78 is 13.5. The minimum absolute atomic E-state index is 0.00834. The van der Waals surface area contributed by atoms with Crippen LogP contribution < -0.4 is 10.6 Å². The predicted molar refractivity (Wildman–Crippen MR) is 102 cm³/mol. The van der Waals surface area contributed by atoms with E-state index >= 15 is 0 Å². The van der Waals surface area contributed by atoms with Crippen LogP contribution in [0.4, 0.5) is 10.1 Å². The molecule has 0 fully saturated rings. The SMILES string of the molecule is N#Cc1c(F)cccc1NCCNC(=O)CSc1ccc2c(c1)CCC2. The standard InChI is InChI=1S/C20H20FN3OS/c21-18-5-2-6-19(17(18)12-22)23-9-10-24-20(25)13-26-16-8-7-14-3-1-4-15(14)11-16/h2,5-8,11,23H,1,3-4,9-10,13H2,(H,24,25). The van der Waals surface area contributed by atoms with E-state index in [2.05, 4.69) is 28.8 Å². The number of rotatable bonds is 7. The third-order valence-corrected chi connectivity index (χ3v) is 5.32. The van der Waals surface area contributed by atoms with Gasteiger partial charge < -0.3 is 10.6 Å². The molecule has 4 nitrogen and oxygen atoms in total. The molecule has 0 aliphatic heterocycles. The van der Waals surface area contributed by atoms with E-state index in [0.717, 1.165) is 17.7 Å². The maximum Gasteiger partial charge on any atom is 0.230 e. The Morgan fingerprint density at radius 1 is 1.19 bits per heavy atom. The summed E-state index contributed by atoms with van der Waals surface area (Å²) in [5.41, 5.74) is 3.27. The number of nitriles is 1. The molecule has 0 radical (unpaired) electrons. The van der Waals surface area contributed by atoms with Crippen molar-refractivity contribution in [3.05, 3.63) is 58.9 Å². The molecule has 1 amide bonds. The first-order chi connectivity index (χ1) is 12.7. The largest absolute Gasteiger partial charge is 0.382 e. The molecular weight excluding hydrogens is 349 g/mol. The van der Waals surface area contributed by atoms with Crippen molar-refractivity contribution in [2.75, 3.05) is 24.2 Å². The van der Waals surface area contributed by atoms with Crippen molar-refractivity contribution in [1.29, 1.82) is 5.26 Å². The van der Waals surface area contributed by atoms with Gasteiger partial charge in [-0.2, -0.15) is 5.26 Å². The van der Waals surface area contributed by atoms with Crippen LogP contribution in [-0.2, 0) is 17.6 Å². The zero-order chi connectivity index (χ0) is 18.4. The predicted octanol–water partition coefficient (Wildman–Crippen LogP) is 3.51. The minimum atomic E-state index is -0.549. The van der Waals surface area contributed by atoms with Crippen molar-refractivity contribution in [2.45, 2.75) is 24.2 Å². The Kier molecular flexibility index (Phi) is 6.13. The van der Waals surface area contributed by atoms with Gasteiger partial charge in [-0.1, -0.05) is 12.1 Å². The molecule has 0 atom stereocenters. The average molecular weight is 369 g/mol. The molecule has 0 unspecified atom stereocenters. The average Bonchev–Trinajstić information content (AvgIpc) is 3.11. The Labute approximate surface area is 156 Å². The second-order valence-electron chi connectivity index (χ2n) is 6.12. The molecule has 1 aliphatic carbocycles. The summed E-state index contributed by atoms with van der Waals surface area (Å²) in [6, 6.07) is 12.7. The lowest BCUT2D eigenvalue weighted by Gasteiger charge is -2.10. The fourth-order valence-electron chi connectivity index (χ4n) is 3.02. The van der Waals surface area contributed by atoms with Crippen molar-refractivity contribution in [3.8, 4) is 6.07 Å². The highest BCUT2D eigenvalue weighted by Crippen LogP contribution is 2.27. The number of carbonyl (C=O) groups excluding carboxylic acids is 1. The normalized spacial score (nSPS) is 12.3. The number of fused-ring (bicyclic) bond motifs is 1. The molecule has 0 aromatic heterocycles. The van der Waals surface area contributed by atoms with Gasteiger partial charge >= 0.3 is 0 Å². The van der Waals surface area contributed by atoms with E-state index in [4.69, 9.17) is 5.26 Å². The molecular formula is C20H20FN3OS. The van der Waals surface area contributed by atoms with Crippen LogP contribution in [0.2, 0.25) is 0 Å². The molecule has 1 aliphatic rings. The molecule has 0 bridgehead atoms. The summed E-state index contributed by atoms with van der Waals surface area (Å²) >= 11 is 1.53. The van der Waals surface area contributed by atoms with Crippen LogP contribution in [0.5, 0.6) is 0 Å². The van der Waals surface area contributed by atoms with E-state index in [0.29, 0.717) is 24.5 Å². The Morgan fingerprint density at radius 3 is 2.88 bits per heavy atom. The van der Waals surface area contributed by atoms with E-state index in [9.17, 15) is 9.18 Å². The van der Waals surface area contributed by atoms with Gasteiger partial charge in [-0.3, -0.25) is 4.79 Å². The number of benzene rings is 2. The monoisotopic (exact) mass is 369 g/mol. The van der Waals surface area contributed by atoms with Crippen LogP contribution in [-0.4, -0.2) is 24.7 Å². The van der Waals surface area contributed by atoms with Crippen LogP contribution in [0.3, 0.4) is 0 Å². The zero-order valence-corrected chi connectivity index (χ0v) is 15.2. The molecule has 134 valence electrons. The molecule has 0 saturated carbocycles. The highest BCUT2D eigenvalue weighted by atomic mass is 32.2. The van der Waals surface area contributed by atoms with Gasteiger partial charge in [0.05, 0.1) is 11.4 Å². The summed E-state index contributed by atoms with van der Waals surface area (Å²) in [4.78, 5) is 13.1. The lowest BCUT2D eigenvalue weighted by molar-refractivity contribution is -0.118. The van der Waals surface area contributed by atoms with Crippen LogP contribution in [0.15, 0.2) is 41.3 Å². The number of hydrogen-bond acceptors (Lipinski definition) is 4. The first-order valence-electron chi connectivity index (χ1n) is 8.61. The fourth-order valence-corrected chi connectivity index (χ4v) is 3.81. The van der Waals surface area contributed by atoms with Crippen molar-refractivity contribution in [1.82, 2.24) is 5.32 Å². The van der Waals surface area contributed by atoms with Crippen molar-refractivity contribution >= 4 is 23.4 Å². The van der Waals surface area contributed by atoms with E-state index in [1.807, 2.05) is 6.07 Å². The molecule has 0 heterocycles. The van der Waals surface area contributed by atoms with Gasteiger partial charge in [-0.05, 0) is 54.7 Å². The summed E-state index contributed by atoms with van der Waals surface area (Å²) in [7, 11) is 0. The quantitative estimate of drug-likeness (QED) is 0.579. The van der Waals surface area contributed by atoms with Crippen LogP contribution >= 0.6 is 11.8 Å². The Hall–Kier alpha value is -2.52. The van der Waals surface area contributed by atoms with Crippen molar-refractivity contribution in [2.24, 2.45) is 0 Å². The minimum Gasteiger partial charge on any atom is -0.382 e. The van der Waals surface area contributed by atoms with E-state index in [1.165, 1.54) is 35.4 Å². The number of nitrogens with one attached hydrogen (secondary N) is 2. The number of carbonyl (C=O) groups is 1. The zero-order valence-electron chi connectivity index (χ0n) is 14.3. The topological polar surface area (TPSA) is 64.9 Å². The Morgan fingerprint density at radius 2 is 2.04 bits per heavy atom. The molecule has 0 saturated heterocycles. The third-order valence-electron chi connectivity index (χ3n) is 4.33. The molecule has 26 heavy (non-hydrogen) atoms. The smallest absolute Gasteiger partial charge is 0.230 e. The summed E-state index contributed by atoms with van der Waals surface area (Å²) in [5.74, 6) is -0.230. The van der Waals surface area contributed by atoms with Gasteiger partial charge in [0.1, 0.15) is 17.4 Å². The number of nitrogens with zero attached hydrogens (tertiary/aromatic N) is 1. The van der Waals surface area contributed by atoms with Gasteiger partial charge in [0.15, 0.2) is 0 Å². The van der Waals surface area contributed by atoms with Crippen LogP contribution in [0.1, 0.15) is 23.1 Å². The summed E-state index contributed by atoms with van der Waals surface area (Å²) in [5, 5.41) is 14.8. The van der Waals surface area contributed by atoms with Gasteiger partial charge in [0, 0.05) is 18.0 Å². The summed E-state index contributed by atoms with van der Waals surface area (Å²) in [6.45, 7) is 0.832. The fraction of sp³-hybridized carbons (Fsp3) is 0.300. The lowest BCUT2D eigenvalue weighted by Crippen LogP contribution is -2.30. The number of halogens is 1. The summed E-state index contributed by atoms with van der Waals surface area (Å²) in [6.07, 6.45) is 3.51. The number of hydrogen-bond donors (Lipinski definition) is 2. The molecule has 3 rings (SSSR count). The second kappa shape index (κ2) is 8.72. The number of thioether (sulfide) groups is 1. The highest BCUT2D eigenvalue weighted by Gasteiger charge is 2.12. The van der Waals surface area contributed by atoms with E-state index in [-0.39, 0.29) is 11.5 Å². The number of aryl methyl sites for hydroxylation is 2. The highest BCUT2D eigenvalue weighted by molar-refractivity contribution is 8.00. The van der Waals surface area contributed by atoms with Gasteiger partial charge in [-0.15, -0.1) is 11.8 Å². The number of anilines is 1. The Bertz CT molecular complexity index is 847. The van der Waals surface area contributed by atoms with Gasteiger partial charge in [0.25, 0.3) is 0 Å². The van der Waals surface area contributed by atoms with Gasteiger partial charge in [-0.25, -0.2) is 4.39 Å². The Balaban J connectivity index is 1.40. The van der Waals surface area contributed by atoms with Crippen LogP contribution in [0.25, 0.3) is 0 Å². The van der Waals surface area contributed by atoms with Crippen molar-refractivity contribution in [3.63, 3.8) is 0 Å². The lowest BCUT2D eigenvalue weighted by atomic mass is 10.1. The molecule has 2 aromatic rings. The molecule has 6 heteroatoms. The van der Waals surface area contributed by atoms with Gasteiger partial charge in [0.2, 0.25) is 5.91 Å². The maximum absolute atomic E-state index is 13.5. The second-order valence-corrected chi connectivity index (χ2v) is 7.17. The maximum atomic E-state index is 13.5. The third kappa shape index (κ3) is 4.55. The molecule has 2 N–H and O–H groups in total. The van der Waals surface area contributed by atoms with Crippen molar-refractivity contribution < 1.29 is 9.18 Å². The van der Waals surface area contributed by atoms with E-state index in [1.54, 1.807) is 12.1 Å². The first-order valence-corrected chi connectivity index (χ1v) is 9.59.